The number of hydrogen-bond donors (Lipinski definition) is 1. The molecule has 0 fully saturated rings. The van der Waals surface area contributed by atoms with Gasteiger partial charge < -0.3 is 4.57 Å². The predicted octanol–water partition coefficient (Wildman–Crippen LogP) is 1.89. The quantitative estimate of drug-likeness (QED) is 0.878. The van der Waals surface area contributed by atoms with Gasteiger partial charge in [0.25, 0.3) is 10.0 Å². The molecule has 0 saturated carbocycles. The molecule has 2 aromatic heterocycles. The maximum absolute atomic E-state index is 12.2. The molecule has 0 saturated heterocycles. The molecular weight excluding hydrogens is 288 g/mol. The van der Waals surface area contributed by atoms with Crippen LogP contribution in [0.3, 0.4) is 0 Å². The molecular formula is C11H13ClN4O2S. The third kappa shape index (κ3) is 2.71. The molecule has 2 rings (SSSR count). The van der Waals surface area contributed by atoms with Gasteiger partial charge in [-0.2, -0.15) is 8.42 Å². The third-order valence-electron chi connectivity index (χ3n) is 2.71. The fourth-order valence-electron chi connectivity index (χ4n) is 1.49. The molecule has 1 N–H and O–H groups in total. The Morgan fingerprint density at radius 1 is 1.37 bits per heavy atom. The SMILES string of the molecule is Cc1ccnc(Cl)c1NS(=O)(=O)c1cn(C)c(C)n1. The molecule has 0 atom stereocenters. The first kappa shape index (κ1) is 13.8. The van der Waals surface area contributed by atoms with Crippen LogP contribution >= 0.6 is 11.6 Å². The van der Waals surface area contributed by atoms with E-state index in [2.05, 4.69) is 14.7 Å². The second-order valence-corrected chi connectivity index (χ2v) is 6.12. The van der Waals surface area contributed by atoms with Crippen molar-refractivity contribution < 1.29 is 8.42 Å². The van der Waals surface area contributed by atoms with Crippen LogP contribution < -0.4 is 4.72 Å². The molecule has 8 heteroatoms. The number of aromatic nitrogens is 3. The normalized spacial score (nSPS) is 11.6. The Kier molecular flexibility index (Phi) is 3.51. The van der Waals surface area contributed by atoms with Crippen LogP contribution in [0.1, 0.15) is 11.4 Å². The zero-order chi connectivity index (χ0) is 14.2. The monoisotopic (exact) mass is 300 g/mol. The second-order valence-electron chi connectivity index (χ2n) is 4.14. The van der Waals surface area contributed by atoms with Crippen molar-refractivity contribution in [3.8, 4) is 0 Å². The van der Waals surface area contributed by atoms with E-state index in [0.29, 0.717) is 11.4 Å². The van der Waals surface area contributed by atoms with E-state index in [9.17, 15) is 8.42 Å². The van der Waals surface area contributed by atoms with Gasteiger partial charge in [-0.1, -0.05) is 11.6 Å². The topological polar surface area (TPSA) is 76.9 Å². The summed E-state index contributed by atoms with van der Waals surface area (Å²) in [5.74, 6) is 0.606. The van der Waals surface area contributed by atoms with Crippen molar-refractivity contribution in [1.82, 2.24) is 14.5 Å². The second kappa shape index (κ2) is 4.82. The van der Waals surface area contributed by atoms with Crippen LogP contribution in [0.2, 0.25) is 5.15 Å². The van der Waals surface area contributed by atoms with Gasteiger partial charge >= 0.3 is 0 Å². The van der Waals surface area contributed by atoms with E-state index in [4.69, 9.17) is 11.6 Å². The molecule has 6 nitrogen and oxygen atoms in total. The lowest BCUT2D eigenvalue weighted by molar-refractivity contribution is 0.598. The number of nitrogens with zero attached hydrogens (tertiary/aromatic N) is 3. The Labute approximate surface area is 116 Å². The van der Waals surface area contributed by atoms with Crippen molar-refractivity contribution in [2.75, 3.05) is 4.72 Å². The molecule has 0 bridgehead atoms. The van der Waals surface area contributed by atoms with Crippen LogP contribution in [0.15, 0.2) is 23.5 Å². The van der Waals surface area contributed by atoms with E-state index in [-0.39, 0.29) is 15.9 Å². The molecule has 0 spiro atoms. The number of pyridine rings is 1. The fraction of sp³-hybridized carbons (Fsp3) is 0.273. The number of hydrogen-bond acceptors (Lipinski definition) is 4. The van der Waals surface area contributed by atoms with Crippen molar-refractivity contribution in [3.63, 3.8) is 0 Å². The highest BCUT2D eigenvalue weighted by molar-refractivity contribution is 7.92. The van der Waals surface area contributed by atoms with E-state index in [1.807, 2.05) is 0 Å². The number of nitrogens with one attached hydrogen (secondary N) is 1. The average molecular weight is 301 g/mol. The highest BCUT2D eigenvalue weighted by Crippen LogP contribution is 2.25. The lowest BCUT2D eigenvalue weighted by Gasteiger charge is -2.09. The van der Waals surface area contributed by atoms with Crippen molar-refractivity contribution in [2.24, 2.45) is 7.05 Å². The Morgan fingerprint density at radius 2 is 2.05 bits per heavy atom. The van der Waals surface area contributed by atoms with Gasteiger partial charge in [0.1, 0.15) is 5.82 Å². The zero-order valence-electron chi connectivity index (χ0n) is 10.7. The molecule has 0 amide bonds. The highest BCUT2D eigenvalue weighted by Gasteiger charge is 2.21. The summed E-state index contributed by atoms with van der Waals surface area (Å²) in [5, 5.41) is 0.0584. The average Bonchev–Trinajstić information content (AvgIpc) is 2.66. The lowest BCUT2D eigenvalue weighted by Crippen LogP contribution is -2.15. The summed E-state index contributed by atoms with van der Waals surface area (Å²) in [6.45, 7) is 3.47. The summed E-state index contributed by atoms with van der Waals surface area (Å²) in [4.78, 5) is 7.84. The molecule has 102 valence electrons. The molecule has 2 aromatic rings. The standard InChI is InChI=1S/C11H13ClN4O2S/c1-7-4-5-13-11(12)10(7)15-19(17,18)9-6-16(3)8(2)14-9/h4-6,15H,1-3H3. The van der Waals surface area contributed by atoms with Crippen LogP contribution in [0.25, 0.3) is 0 Å². The van der Waals surface area contributed by atoms with E-state index >= 15 is 0 Å². The van der Waals surface area contributed by atoms with Crippen LogP contribution in [-0.2, 0) is 17.1 Å². The van der Waals surface area contributed by atoms with Gasteiger partial charge in [-0.05, 0) is 25.5 Å². The Bertz CT molecular complexity index is 685. The molecule has 0 radical (unpaired) electrons. The minimum atomic E-state index is -3.77. The van der Waals surface area contributed by atoms with Gasteiger partial charge in [0.05, 0.1) is 5.69 Å². The zero-order valence-corrected chi connectivity index (χ0v) is 12.2. The van der Waals surface area contributed by atoms with E-state index in [0.717, 1.165) is 0 Å². The minimum absolute atomic E-state index is 0.0492. The summed E-state index contributed by atoms with van der Waals surface area (Å²) in [6, 6.07) is 1.67. The van der Waals surface area contributed by atoms with Gasteiger partial charge in [0.15, 0.2) is 10.2 Å². The first-order chi connectivity index (χ1) is 8.81. The summed E-state index contributed by atoms with van der Waals surface area (Å²) in [5.41, 5.74) is 0.962. The summed E-state index contributed by atoms with van der Waals surface area (Å²) < 4.78 is 28.4. The maximum atomic E-state index is 12.2. The number of aryl methyl sites for hydroxylation is 3. The van der Waals surface area contributed by atoms with Crippen LogP contribution in [0.4, 0.5) is 5.69 Å². The van der Waals surface area contributed by atoms with Crippen LogP contribution in [0, 0.1) is 13.8 Å². The molecule has 0 aliphatic rings. The molecule has 2 heterocycles. The lowest BCUT2D eigenvalue weighted by atomic mass is 10.3. The Hall–Kier alpha value is -1.60. The van der Waals surface area contributed by atoms with Crippen LogP contribution in [-0.4, -0.2) is 23.0 Å². The van der Waals surface area contributed by atoms with Gasteiger partial charge in [0.2, 0.25) is 0 Å². The number of sulfonamides is 1. The summed E-state index contributed by atoms with van der Waals surface area (Å²) in [6.07, 6.45) is 2.96. The van der Waals surface area contributed by atoms with Crippen molar-refractivity contribution >= 4 is 27.3 Å². The van der Waals surface area contributed by atoms with Crippen LogP contribution in [0.5, 0.6) is 0 Å². The van der Waals surface area contributed by atoms with E-state index < -0.39 is 10.0 Å². The first-order valence-electron chi connectivity index (χ1n) is 5.45. The summed E-state index contributed by atoms with van der Waals surface area (Å²) in [7, 11) is -2.04. The molecule has 0 aromatic carbocycles. The van der Waals surface area contributed by atoms with E-state index in [1.165, 1.54) is 12.4 Å². The smallest absolute Gasteiger partial charge is 0.281 e. The highest BCUT2D eigenvalue weighted by atomic mass is 35.5. The number of imidazole rings is 1. The van der Waals surface area contributed by atoms with Gasteiger partial charge in [0, 0.05) is 19.4 Å². The third-order valence-corrected chi connectivity index (χ3v) is 4.22. The number of anilines is 1. The first-order valence-corrected chi connectivity index (χ1v) is 7.31. The van der Waals surface area contributed by atoms with Gasteiger partial charge in [-0.15, -0.1) is 0 Å². The fourth-order valence-corrected chi connectivity index (χ4v) is 2.98. The number of rotatable bonds is 3. The van der Waals surface area contributed by atoms with E-state index in [1.54, 1.807) is 31.5 Å². The number of halogens is 1. The van der Waals surface area contributed by atoms with Gasteiger partial charge in [-0.25, -0.2) is 9.97 Å². The Balaban J connectivity index is 2.42. The van der Waals surface area contributed by atoms with Crippen molar-refractivity contribution in [3.05, 3.63) is 35.0 Å². The van der Waals surface area contributed by atoms with Gasteiger partial charge in [-0.3, -0.25) is 4.72 Å². The maximum Gasteiger partial charge on any atom is 0.281 e. The van der Waals surface area contributed by atoms with Crippen molar-refractivity contribution in [1.29, 1.82) is 0 Å². The molecule has 0 aliphatic carbocycles. The largest absolute Gasteiger partial charge is 0.337 e. The minimum Gasteiger partial charge on any atom is -0.337 e. The molecule has 0 aliphatic heterocycles. The summed E-state index contributed by atoms with van der Waals surface area (Å²) >= 11 is 5.90. The predicted molar refractivity (Wildman–Crippen MR) is 72.7 cm³/mol. The Morgan fingerprint density at radius 3 is 2.58 bits per heavy atom. The molecule has 19 heavy (non-hydrogen) atoms. The molecule has 0 unspecified atom stereocenters. The van der Waals surface area contributed by atoms with Crippen molar-refractivity contribution in [2.45, 2.75) is 18.9 Å².